The molecular formula is C28H26ClN3O6S. The fourth-order valence-corrected chi connectivity index (χ4v) is 5.27. The van der Waals surface area contributed by atoms with Crippen LogP contribution in [0.4, 0.5) is 0 Å². The number of allylic oxidation sites excluding steroid dienone is 1. The topological polar surface area (TPSA) is 112 Å². The number of benzene rings is 2. The first-order valence-corrected chi connectivity index (χ1v) is 13.3. The van der Waals surface area contributed by atoms with E-state index >= 15 is 0 Å². The summed E-state index contributed by atoms with van der Waals surface area (Å²) in [4.78, 5) is 32.0. The molecule has 0 radical (unpaired) electrons. The number of methoxy groups -OCH3 is 1. The molecule has 0 fully saturated rings. The van der Waals surface area contributed by atoms with Crippen molar-refractivity contribution in [1.82, 2.24) is 4.57 Å². The van der Waals surface area contributed by atoms with Gasteiger partial charge in [-0.1, -0.05) is 41.1 Å². The molecule has 3 aromatic rings. The summed E-state index contributed by atoms with van der Waals surface area (Å²) >= 11 is 7.34. The van der Waals surface area contributed by atoms with Crippen LogP contribution in [0.15, 0.2) is 63.5 Å². The molecule has 1 aliphatic rings. The van der Waals surface area contributed by atoms with E-state index in [1.807, 2.05) is 13.0 Å². The molecule has 9 nitrogen and oxygen atoms in total. The molecule has 0 aliphatic carbocycles. The summed E-state index contributed by atoms with van der Waals surface area (Å²) in [6, 6.07) is 13.4. The van der Waals surface area contributed by atoms with E-state index in [-0.39, 0.29) is 31.0 Å². The molecule has 11 heteroatoms. The molecule has 2 heterocycles. The highest BCUT2D eigenvalue weighted by Crippen LogP contribution is 2.32. The molecule has 1 aliphatic heterocycles. The molecule has 4 rings (SSSR count). The van der Waals surface area contributed by atoms with E-state index in [0.717, 1.165) is 0 Å². The van der Waals surface area contributed by atoms with Gasteiger partial charge in [-0.2, -0.15) is 5.26 Å². The van der Waals surface area contributed by atoms with Crippen molar-refractivity contribution in [2.24, 2.45) is 4.99 Å². The lowest BCUT2D eigenvalue weighted by atomic mass is 9.96. The van der Waals surface area contributed by atoms with Crippen molar-refractivity contribution in [1.29, 1.82) is 5.26 Å². The Morgan fingerprint density at radius 2 is 1.95 bits per heavy atom. The van der Waals surface area contributed by atoms with Crippen LogP contribution in [0.5, 0.6) is 11.5 Å². The van der Waals surface area contributed by atoms with Crippen LogP contribution in [-0.4, -0.2) is 44.1 Å². The highest BCUT2D eigenvalue weighted by atomic mass is 35.5. The zero-order valence-corrected chi connectivity index (χ0v) is 23.2. The van der Waals surface area contributed by atoms with Gasteiger partial charge in [-0.05, 0) is 55.3 Å². The molecule has 1 unspecified atom stereocenters. The number of rotatable bonds is 10. The van der Waals surface area contributed by atoms with Gasteiger partial charge < -0.3 is 18.9 Å². The zero-order chi connectivity index (χ0) is 27.9. The number of fused-ring (bicyclic) bond motifs is 1. The van der Waals surface area contributed by atoms with E-state index < -0.39 is 12.0 Å². The summed E-state index contributed by atoms with van der Waals surface area (Å²) in [5.41, 5.74) is 1.81. The quantitative estimate of drug-likeness (QED) is 0.273. The minimum Gasteiger partial charge on any atom is -0.490 e. The average Bonchev–Trinajstić information content (AvgIpc) is 3.22. The lowest BCUT2D eigenvalue weighted by molar-refractivity contribution is -0.140. The number of esters is 1. The summed E-state index contributed by atoms with van der Waals surface area (Å²) in [5, 5.41) is 9.37. The Bertz CT molecular complexity index is 1620. The third-order valence-corrected chi connectivity index (χ3v) is 7.04. The maximum atomic E-state index is 13.8. The number of nitrogens with zero attached hydrogens (tertiary/aromatic N) is 3. The van der Waals surface area contributed by atoms with Crippen LogP contribution in [0, 0.1) is 11.3 Å². The largest absolute Gasteiger partial charge is 0.490 e. The van der Waals surface area contributed by atoms with Gasteiger partial charge in [0.05, 0.1) is 35.1 Å². The van der Waals surface area contributed by atoms with Gasteiger partial charge in [-0.15, -0.1) is 0 Å². The van der Waals surface area contributed by atoms with Gasteiger partial charge in [0.2, 0.25) is 0 Å². The van der Waals surface area contributed by atoms with Gasteiger partial charge >= 0.3 is 5.97 Å². The Hall–Kier alpha value is -3.91. The first-order valence-electron chi connectivity index (χ1n) is 12.1. The van der Waals surface area contributed by atoms with Crippen molar-refractivity contribution in [3.63, 3.8) is 0 Å². The smallest absolute Gasteiger partial charge is 0.338 e. The minimum atomic E-state index is -0.753. The number of ether oxygens (including phenoxy) is 4. The number of hydrogen-bond acceptors (Lipinski definition) is 9. The number of nitriles is 1. The fraction of sp³-hybridized carbons (Fsp3) is 0.286. The predicted molar refractivity (Wildman–Crippen MR) is 147 cm³/mol. The average molecular weight is 568 g/mol. The highest BCUT2D eigenvalue weighted by Gasteiger charge is 2.33. The number of hydrogen-bond donors (Lipinski definition) is 0. The van der Waals surface area contributed by atoms with Crippen LogP contribution in [0.3, 0.4) is 0 Å². The summed E-state index contributed by atoms with van der Waals surface area (Å²) in [7, 11) is 1.52. The van der Waals surface area contributed by atoms with Crippen molar-refractivity contribution in [2.45, 2.75) is 19.9 Å². The minimum absolute atomic E-state index is 0.0696. The number of aromatic nitrogens is 1. The normalized spacial score (nSPS) is 14.8. The molecule has 39 heavy (non-hydrogen) atoms. The summed E-state index contributed by atoms with van der Waals surface area (Å²) in [6.07, 6.45) is 1.73. The van der Waals surface area contributed by atoms with E-state index in [2.05, 4.69) is 4.99 Å². The van der Waals surface area contributed by atoms with Gasteiger partial charge in [0.1, 0.15) is 12.7 Å². The third-order valence-electron chi connectivity index (χ3n) is 5.81. The Labute approximate surface area is 233 Å². The standard InChI is InChI=1S/C28H26ClN3O6S/c1-4-36-22-15-18(5-10-21(22)37-12-11-30)16-23-26(33)32-25(19-6-8-20(29)9-7-19)24(17(2)31-28(32)39-23)27(34)38-14-13-35-3/h5-10,15-16,25H,4,12-14H2,1-3H3. The molecule has 0 N–H and O–H groups in total. The molecule has 1 atom stereocenters. The summed E-state index contributed by atoms with van der Waals surface area (Å²) in [6.45, 7) is 4.17. The van der Waals surface area contributed by atoms with Crippen LogP contribution < -0.4 is 24.4 Å². The lowest BCUT2D eigenvalue weighted by Crippen LogP contribution is -2.40. The Kier molecular flexibility index (Phi) is 9.19. The molecule has 0 bridgehead atoms. The van der Waals surface area contributed by atoms with Gasteiger partial charge in [-0.3, -0.25) is 9.36 Å². The monoisotopic (exact) mass is 567 g/mol. The molecule has 0 saturated heterocycles. The fourth-order valence-electron chi connectivity index (χ4n) is 4.10. The molecule has 2 aromatic carbocycles. The Morgan fingerprint density at radius 1 is 1.18 bits per heavy atom. The van der Waals surface area contributed by atoms with E-state index in [4.69, 9.17) is 35.8 Å². The second kappa shape index (κ2) is 12.8. The SMILES string of the molecule is CCOc1cc(C=c2sc3n(c2=O)C(c2ccc(Cl)cc2)C(C(=O)OCCOC)=C(C)N=3)ccc1OCC#N. The zero-order valence-electron chi connectivity index (χ0n) is 21.6. The predicted octanol–water partition coefficient (Wildman–Crippen LogP) is 3.38. The van der Waals surface area contributed by atoms with Gasteiger partial charge in [0, 0.05) is 12.1 Å². The van der Waals surface area contributed by atoms with Gasteiger partial charge in [0.25, 0.3) is 5.56 Å². The molecule has 0 spiro atoms. The maximum Gasteiger partial charge on any atom is 0.338 e. The van der Waals surface area contributed by atoms with E-state index in [9.17, 15) is 9.59 Å². The first-order chi connectivity index (χ1) is 18.9. The summed E-state index contributed by atoms with van der Waals surface area (Å²) in [5.74, 6) is 0.328. The summed E-state index contributed by atoms with van der Waals surface area (Å²) < 4.78 is 23.5. The van der Waals surface area contributed by atoms with E-state index in [1.54, 1.807) is 55.5 Å². The van der Waals surface area contributed by atoms with Crippen molar-refractivity contribution < 1.29 is 23.7 Å². The third kappa shape index (κ3) is 6.23. The van der Waals surface area contributed by atoms with Crippen molar-refractivity contribution in [3.8, 4) is 17.6 Å². The van der Waals surface area contributed by atoms with Crippen LogP contribution >= 0.6 is 22.9 Å². The van der Waals surface area contributed by atoms with Crippen LogP contribution in [-0.2, 0) is 14.3 Å². The highest BCUT2D eigenvalue weighted by molar-refractivity contribution is 7.07. The maximum absolute atomic E-state index is 13.8. The molecular weight excluding hydrogens is 542 g/mol. The van der Waals surface area contributed by atoms with Gasteiger partial charge in [0.15, 0.2) is 22.9 Å². The number of halogens is 1. The number of carbonyl (C=O) groups is 1. The second-order valence-electron chi connectivity index (χ2n) is 8.35. The number of carbonyl (C=O) groups excluding carboxylic acids is 1. The number of thiazole rings is 1. The molecule has 202 valence electrons. The van der Waals surface area contributed by atoms with Crippen LogP contribution in [0.2, 0.25) is 5.02 Å². The second-order valence-corrected chi connectivity index (χ2v) is 9.79. The van der Waals surface area contributed by atoms with Crippen LogP contribution in [0.25, 0.3) is 6.08 Å². The van der Waals surface area contributed by atoms with E-state index in [0.29, 0.717) is 49.3 Å². The van der Waals surface area contributed by atoms with Crippen molar-refractivity contribution in [2.75, 3.05) is 33.5 Å². The Morgan fingerprint density at radius 3 is 2.64 bits per heavy atom. The Balaban J connectivity index is 1.83. The van der Waals surface area contributed by atoms with Gasteiger partial charge in [-0.25, -0.2) is 9.79 Å². The molecule has 0 saturated carbocycles. The lowest BCUT2D eigenvalue weighted by Gasteiger charge is -2.24. The van der Waals surface area contributed by atoms with Crippen molar-refractivity contribution >= 4 is 35.0 Å². The molecule has 1 aromatic heterocycles. The van der Waals surface area contributed by atoms with E-state index in [1.165, 1.54) is 23.0 Å². The van der Waals surface area contributed by atoms with Crippen LogP contribution in [0.1, 0.15) is 31.0 Å². The van der Waals surface area contributed by atoms with Crippen molar-refractivity contribution in [3.05, 3.63) is 89.6 Å². The molecule has 0 amide bonds. The first kappa shape index (κ1) is 28.1.